The zero-order chi connectivity index (χ0) is 24.2. The number of epoxide rings is 1. The second-order valence-corrected chi connectivity index (χ2v) is 12.5. The minimum Gasteiger partial charge on any atom is -0.458 e. The molecule has 6 nitrogen and oxygen atoms in total. The Morgan fingerprint density at radius 3 is 2.65 bits per heavy atom. The molecule has 4 fully saturated rings. The zero-order valence-electron chi connectivity index (χ0n) is 20.8. The van der Waals surface area contributed by atoms with Crippen LogP contribution in [0.25, 0.3) is 0 Å². The lowest BCUT2D eigenvalue weighted by Crippen LogP contribution is -2.63. The topological polar surface area (TPSA) is 96.4 Å². The molecule has 186 valence electrons. The molecule has 6 heteroatoms. The molecule has 4 aliphatic carbocycles. The third-order valence-electron chi connectivity index (χ3n) is 11.6. The van der Waals surface area contributed by atoms with E-state index < -0.39 is 17.1 Å². The molecule has 5 unspecified atom stereocenters. The van der Waals surface area contributed by atoms with Crippen LogP contribution in [0.1, 0.15) is 66.2 Å². The molecule has 2 heterocycles. The van der Waals surface area contributed by atoms with E-state index in [4.69, 9.17) is 9.47 Å². The Balaban J connectivity index is 1.27. The van der Waals surface area contributed by atoms with E-state index in [2.05, 4.69) is 20.8 Å². The van der Waals surface area contributed by atoms with Crippen molar-refractivity contribution in [3.8, 4) is 0 Å². The van der Waals surface area contributed by atoms with Crippen molar-refractivity contribution in [2.24, 2.45) is 40.4 Å². The summed E-state index contributed by atoms with van der Waals surface area (Å²) in [5.74, 6) is 1.61. The first-order valence-corrected chi connectivity index (χ1v) is 13.2. The number of rotatable bonds is 3. The molecule has 0 bridgehead atoms. The number of ether oxygens (including phenoxy) is 2. The lowest BCUT2D eigenvalue weighted by Gasteiger charge is -2.58. The summed E-state index contributed by atoms with van der Waals surface area (Å²) in [6, 6.07) is 0. The second-order valence-electron chi connectivity index (χ2n) is 12.5. The number of cyclic esters (lactones) is 1. The van der Waals surface area contributed by atoms with Crippen molar-refractivity contribution in [3.63, 3.8) is 0 Å². The van der Waals surface area contributed by atoms with Gasteiger partial charge >= 0.3 is 5.97 Å². The van der Waals surface area contributed by atoms with Crippen LogP contribution >= 0.6 is 0 Å². The van der Waals surface area contributed by atoms with Crippen LogP contribution in [0.3, 0.4) is 0 Å². The van der Waals surface area contributed by atoms with Gasteiger partial charge in [-0.3, -0.25) is 4.79 Å². The van der Waals surface area contributed by atoms with Crippen molar-refractivity contribution in [3.05, 3.63) is 23.3 Å². The molecule has 34 heavy (non-hydrogen) atoms. The zero-order valence-corrected chi connectivity index (χ0v) is 20.8. The number of ketones is 1. The Labute approximate surface area is 201 Å². The van der Waals surface area contributed by atoms with Crippen molar-refractivity contribution < 1.29 is 29.3 Å². The molecular formula is C28H38O6. The summed E-state index contributed by atoms with van der Waals surface area (Å²) in [5.41, 5.74) is 0.129. The predicted molar refractivity (Wildman–Crippen MR) is 124 cm³/mol. The normalized spacial score (nSPS) is 52.4. The van der Waals surface area contributed by atoms with Crippen LogP contribution < -0.4 is 0 Å². The van der Waals surface area contributed by atoms with Crippen molar-refractivity contribution in [1.29, 1.82) is 0 Å². The second kappa shape index (κ2) is 7.27. The summed E-state index contributed by atoms with van der Waals surface area (Å²) in [7, 11) is 0. The maximum absolute atomic E-state index is 13.3. The van der Waals surface area contributed by atoms with Crippen LogP contribution in [0, 0.1) is 40.4 Å². The molecule has 6 rings (SSSR count). The summed E-state index contributed by atoms with van der Waals surface area (Å²) in [5, 5.41) is 20.4. The van der Waals surface area contributed by atoms with E-state index in [0.717, 1.165) is 37.7 Å². The number of aliphatic hydroxyl groups excluding tert-OH is 2. The van der Waals surface area contributed by atoms with E-state index in [0.29, 0.717) is 29.7 Å². The molecular weight excluding hydrogens is 432 g/mol. The van der Waals surface area contributed by atoms with E-state index in [1.807, 2.05) is 6.92 Å². The van der Waals surface area contributed by atoms with Gasteiger partial charge in [-0.1, -0.05) is 19.4 Å². The third-order valence-corrected chi connectivity index (χ3v) is 11.6. The van der Waals surface area contributed by atoms with Gasteiger partial charge in [0.05, 0.1) is 23.7 Å². The average molecular weight is 471 g/mol. The monoisotopic (exact) mass is 470 g/mol. The first-order chi connectivity index (χ1) is 16.1. The molecule has 1 spiro atoms. The number of carbonyl (C=O) groups excluding carboxylic acids is 2. The van der Waals surface area contributed by atoms with E-state index in [1.54, 1.807) is 12.2 Å². The summed E-state index contributed by atoms with van der Waals surface area (Å²) in [6.07, 6.45) is 8.23. The SMILES string of the molecule is CC1=C(CO)C(=O)OC([C@@H](C)C2CCC3[C@@H]4C[C@H]5O[C@]56C(O)C=CC(=O)[C@]6(C)C4CC[C@]23C)C1. The quantitative estimate of drug-likeness (QED) is 0.485. The number of carbonyl (C=O) groups is 2. The Kier molecular flexibility index (Phi) is 4.90. The van der Waals surface area contributed by atoms with Gasteiger partial charge in [0.15, 0.2) is 5.78 Å². The number of hydrogen-bond donors (Lipinski definition) is 2. The van der Waals surface area contributed by atoms with Crippen LogP contribution in [0.4, 0.5) is 0 Å². The smallest absolute Gasteiger partial charge is 0.336 e. The molecule has 6 aliphatic rings. The Hall–Kier alpha value is -1.50. The van der Waals surface area contributed by atoms with Crippen molar-refractivity contribution in [2.75, 3.05) is 6.61 Å². The highest BCUT2D eigenvalue weighted by atomic mass is 16.6. The standard InChI is InChI=1S/C28H38O6/c1-14-11-21(33-25(32)17(14)13-29)15(2)18-5-6-19-16-12-24-28(34-24)23(31)8-7-22(30)27(28,4)20(16)9-10-26(18,19)3/h7-8,15-16,18-21,23-24,29,31H,5-6,9-13H2,1-4H3/t15-,16-,18?,19?,20?,21?,23?,24+,26+,27-,28+/m0/s1. The Morgan fingerprint density at radius 1 is 1.18 bits per heavy atom. The highest BCUT2D eigenvalue weighted by Gasteiger charge is 2.80. The predicted octanol–water partition coefficient (Wildman–Crippen LogP) is 3.35. The fourth-order valence-electron chi connectivity index (χ4n) is 9.69. The average Bonchev–Trinajstić information content (AvgIpc) is 3.43. The van der Waals surface area contributed by atoms with E-state index in [1.165, 1.54) is 0 Å². The number of esters is 1. The van der Waals surface area contributed by atoms with Gasteiger partial charge in [-0.15, -0.1) is 0 Å². The number of allylic oxidation sites excluding steroid dienone is 1. The van der Waals surface area contributed by atoms with Gasteiger partial charge in [-0.25, -0.2) is 4.79 Å². The molecule has 3 saturated carbocycles. The van der Waals surface area contributed by atoms with Crippen LogP contribution in [-0.4, -0.2) is 52.5 Å². The molecule has 0 aromatic heterocycles. The molecule has 2 aliphatic heterocycles. The molecule has 11 atom stereocenters. The Morgan fingerprint density at radius 2 is 1.94 bits per heavy atom. The van der Waals surface area contributed by atoms with Crippen molar-refractivity contribution in [1.82, 2.24) is 0 Å². The van der Waals surface area contributed by atoms with Gasteiger partial charge in [-0.2, -0.15) is 0 Å². The summed E-state index contributed by atoms with van der Waals surface area (Å²) < 4.78 is 12.1. The minimum atomic E-state index is -0.719. The van der Waals surface area contributed by atoms with Gasteiger partial charge in [-0.05, 0) is 93.1 Å². The van der Waals surface area contributed by atoms with Gasteiger partial charge < -0.3 is 19.7 Å². The van der Waals surface area contributed by atoms with Gasteiger partial charge in [0.25, 0.3) is 0 Å². The molecule has 2 N–H and O–H groups in total. The van der Waals surface area contributed by atoms with Crippen LogP contribution in [0.5, 0.6) is 0 Å². The third kappa shape index (κ3) is 2.63. The van der Waals surface area contributed by atoms with E-state index in [-0.39, 0.29) is 47.8 Å². The number of aliphatic hydroxyl groups is 2. The van der Waals surface area contributed by atoms with Gasteiger partial charge in [0.2, 0.25) is 0 Å². The summed E-state index contributed by atoms with van der Waals surface area (Å²) >= 11 is 0. The lowest BCUT2D eigenvalue weighted by molar-refractivity contribution is -0.155. The maximum atomic E-state index is 13.3. The maximum Gasteiger partial charge on any atom is 0.336 e. The van der Waals surface area contributed by atoms with Gasteiger partial charge in [0, 0.05) is 6.42 Å². The van der Waals surface area contributed by atoms with E-state index in [9.17, 15) is 19.8 Å². The first-order valence-electron chi connectivity index (χ1n) is 13.2. The highest BCUT2D eigenvalue weighted by Crippen LogP contribution is 2.73. The fourth-order valence-corrected chi connectivity index (χ4v) is 9.69. The minimum absolute atomic E-state index is 0.0366. The highest BCUT2D eigenvalue weighted by molar-refractivity contribution is 5.98. The van der Waals surface area contributed by atoms with Crippen molar-refractivity contribution >= 4 is 11.8 Å². The Bertz CT molecular complexity index is 999. The molecule has 1 saturated heterocycles. The molecule has 0 aromatic rings. The first kappa shape index (κ1) is 22.9. The molecule has 0 amide bonds. The van der Waals surface area contributed by atoms with Gasteiger partial charge in [0.1, 0.15) is 17.8 Å². The fraction of sp³-hybridized carbons (Fsp3) is 0.786. The summed E-state index contributed by atoms with van der Waals surface area (Å²) in [6.45, 7) is 8.41. The largest absolute Gasteiger partial charge is 0.458 e. The van der Waals surface area contributed by atoms with Crippen LogP contribution in [0.15, 0.2) is 23.3 Å². The number of hydrogen-bond acceptors (Lipinski definition) is 6. The number of fused-ring (bicyclic) bond motifs is 4. The summed E-state index contributed by atoms with van der Waals surface area (Å²) in [4.78, 5) is 25.8. The molecule has 0 aromatic carbocycles. The van der Waals surface area contributed by atoms with Crippen LogP contribution in [-0.2, 0) is 19.1 Å². The van der Waals surface area contributed by atoms with E-state index >= 15 is 0 Å². The van der Waals surface area contributed by atoms with Crippen molar-refractivity contribution in [2.45, 2.75) is 90.1 Å². The molecule has 0 radical (unpaired) electrons. The lowest BCUT2D eigenvalue weighted by atomic mass is 9.44. The van der Waals surface area contributed by atoms with Crippen LogP contribution in [0.2, 0.25) is 0 Å².